The Labute approximate surface area is 133 Å². The molecule has 0 unspecified atom stereocenters. The van der Waals surface area contributed by atoms with E-state index < -0.39 is 5.97 Å². The van der Waals surface area contributed by atoms with E-state index in [1.165, 1.54) is 0 Å². The highest BCUT2D eigenvalue weighted by Crippen LogP contribution is 2.17. The molecule has 1 aliphatic heterocycles. The van der Waals surface area contributed by atoms with Crippen molar-refractivity contribution in [3.05, 3.63) is 47.9 Å². The Bertz CT molecular complexity index is 711. The second-order valence-electron chi connectivity index (χ2n) is 5.43. The monoisotopic (exact) mass is 314 g/mol. The summed E-state index contributed by atoms with van der Waals surface area (Å²) in [5.41, 5.74) is 1.61. The van der Waals surface area contributed by atoms with Crippen LogP contribution < -0.4 is 5.32 Å². The number of nitrogens with one attached hydrogen (secondary N) is 1. The zero-order chi connectivity index (χ0) is 16.2. The van der Waals surface area contributed by atoms with Gasteiger partial charge in [-0.25, -0.2) is 4.98 Å². The molecule has 2 N–H and O–H groups in total. The summed E-state index contributed by atoms with van der Waals surface area (Å²) in [6, 6.07) is 7.50. The second-order valence-corrected chi connectivity index (χ2v) is 5.43. The lowest BCUT2D eigenvalue weighted by atomic mass is 10.2. The van der Waals surface area contributed by atoms with E-state index in [0.717, 1.165) is 11.4 Å². The molecule has 7 nitrogen and oxygen atoms in total. The lowest BCUT2D eigenvalue weighted by Gasteiger charge is -2.27. The van der Waals surface area contributed by atoms with Crippen LogP contribution in [-0.2, 0) is 17.9 Å². The Hall–Kier alpha value is -2.83. The highest BCUT2D eigenvalue weighted by Gasteiger charge is 2.25. The van der Waals surface area contributed by atoms with Crippen LogP contribution in [0.4, 0.5) is 5.82 Å². The molecule has 0 bridgehead atoms. The highest BCUT2D eigenvalue weighted by atomic mass is 16.4. The fraction of sp³-hybridized carbons (Fsp3) is 0.312. The number of carbonyl (C=O) groups is 2. The number of anilines is 1. The van der Waals surface area contributed by atoms with Gasteiger partial charge < -0.3 is 19.9 Å². The summed E-state index contributed by atoms with van der Waals surface area (Å²) in [5.74, 6) is -0.216. The third-order valence-electron chi connectivity index (χ3n) is 3.80. The van der Waals surface area contributed by atoms with Gasteiger partial charge in [0.2, 0.25) is 0 Å². The van der Waals surface area contributed by atoms with Gasteiger partial charge in [0.1, 0.15) is 11.5 Å². The zero-order valence-electron chi connectivity index (χ0n) is 12.6. The molecule has 7 heteroatoms. The van der Waals surface area contributed by atoms with E-state index >= 15 is 0 Å². The average Bonchev–Trinajstić information content (AvgIpc) is 2.97. The maximum Gasteiger partial charge on any atom is 0.305 e. The summed E-state index contributed by atoms with van der Waals surface area (Å²) in [4.78, 5) is 28.8. The molecule has 0 aliphatic carbocycles. The van der Waals surface area contributed by atoms with Crippen LogP contribution in [0.15, 0.2) is 36.7 Å². The molecule has 3 rings (SSSR count). The molecule has 1 amide bonds. The quantitative estimate of drug-likeness (QED) is 0.842. The minimum absolute atomic E-state index is 0.0272. The SMILES string of the molecule is O=C(O)CCN1CCn2cc(CNc3ccccn3)cc2C1=O. The van der Waals surface area contributed by atoms with Crippen molar-refractivity contribution in [1.82, 2.24) is 14.5 Å². The number of carboxylic acid groups (broad SMARTS) is 1. The number of aliphatic carboxylic acids is 1. The molecular weight excluding hydrogens is 296 g/mol. The minimum Gasteiger partial charge on any atom is -0.481 e. The molecule has 0 aromatic carbocycles. The maximum atomic E-state index is 12.4. The van der Waals surface area contributed by atoms with Gasteiger partial charge in [-0.2, -0.15) is 0 Å². The zero-order valence-corrected chi connectivity index (χ0v) is 12.6. The Kier molecular flexibility index (Phi) is 4.27. The molecule has 1 aliphatic rings. The number of aromatic nitrogens is 2. The predicted octanol–water partition coefficient (Wildman–Crippen LogP) is 1.43. The van der Waals surface area contributed by atoms with Crippen LogP contribution >= 0.6 is 0 Å². The number of fused-ring (bicyclic) bond motifs is 1. The van der Waals surface area contributed by atoms with Crippen molar-refractivity contribution in [3.8, 4) is 0 Å². The number of pyridine rings is 1. The highest BCUT2D eigenvalue weighted by molar-refractivity contribution is 5.94. The Morgan fingerprint density at radius 1 is 1.35 bits per heavy atom. The van der Waals surface area contributed by atoms with Crippen molar-refractivity contribution in [2.24, 2.45) is 0 Å². The summed E-state index contributed by atoms with van der Waals surface area (Å²) in [6.07, 6.45) is 3.65. The smallest absolute Gasteiger partial charge is 0.305 e. The van der Waals surface area contributed by atoms with Crippen molar-refractivity contribution >= 4 is 17.7 Å². The number of carboxylic acids is 1. The van der Waals surface area contributed by atoms with Gasteiger partial charge in [-0.3, -0.25) is 9.59 Å². The van der Waals surface area contributed by atoms with E-state index in [2.05, 4.69) is 10.3 Å². The Morgan fingerprint density at radius 2 is 2.22 bits per heavy atom. The van der Waals surface area contributed by atoms with Crippen LogP contribution in [0.5, 0.6) is 0 Å². The van der Waals surface area contributed by atoms with Gasteiger partial charge >= 0.3 is 5.97 Å². The van der Waals surface area contributed by atoms with Gasteiger partial charge in [0.05, 0.1) is 6.42 Å². The first-order chi connectivity index (χ1) is 11.1. The molecule has 2 aromatic heterocycles. The first kappa shape index (κ1) is 15.1. The molecule has 0 spiro atoms. The number of carbonyl (C=O) groups excluding carboxylic acids is 1. The van der Waals surface area contributed by atoms with Gasteiger partial charge in [0.15, 0.2) is 0 Å². The Morgan fingerprint density at radius 3 is 2.96 bits per heavy atom. The van der Waals surface area contributed by atoms with Gasteiger partial charge in [0.25, 0.3) is 5.91 Å². The molecule has 0 saturated heterocycles. The number of nitrogens with zero attached hydrogens (tertiary/aromatic N) is 3. The van der Waals surface area contributed by atoms with E-state index in [1.54, 1.807) is 11.1 Å². The van der Waals surface area contributed by atoms with E-state index in [0.29, 0.717) is 25.3 Å². The third-order valence-corrected chi connectivity index (χ3v) is 3.80. The second kappa shape index (κ2) is 6.51. The van der Waals surface area contributed by atoms with Crippen LogP contribution in [0.1, 0.15) is 22.5 Å². The molecule has 23 heavy (non-hydrogen) atoms. The van der Waals surface area contributed by atoms with Crippen molar-refractivity contribution < 1.29 is 14.7 Å². The van der Waals surface area contributed by atoms with Crippen LogP contribution in [-0.4, -0.2) is 44.5 Å². The number of hydrogen-bond acceptors (Lipinski definition) is 4. The lowest BCUT2D eigenvalue weighted by Crippen LogP contribution is -2.40. The summed E-state index contributed by atoms with van der Waals surface area (Å²) >= 11 is 0. The van der Waals surface area contributed by atoms with Gasteiger partial charge in [0, 0.05) is 38.6 Å². The molecule has 120 valence electrons. The van der Waals surface area contributed by atoms with Gasteiger partial charge in [-0.1, -0.05) is 6.07 Å². The lowest BCUT2D eigenvalue weighted by molar-refractivity contribution is -0.137. The van der Waals surface area contributed by atoms with E-state index in [1.807, 2.05) is 35.0 Å². The summed E-state index contributed by atoms with van der Waals surface area (Å²) < 4.78 is 1.93. The molecule has 0 atom stereocenters. The van der Waals surface area contributed by atoms with Crippen molar-refractivity contribution in [2.45, 2.75) is 19.5 Å². The fourth-order valence-electron chi connectivity index (χ4n) is 2.63. The fourth-order valence-corrected chi connectivity index (χ4v) is 2.63. The van der Waals surface area contributed by atoms with Crippen LogP contribution in [0.2, 0.25) is 0 Å². The summed E-state index contributed by atoms with van der Waals surface area (Å²) in [7, 11) is 0. The Balaban J connectivity index is 1.65. The van der Waals surface area contributed by atoms with Crippen LogP contribution in [0.3, 0.4) is 0 Å². The van der Waals surface area contributed by atoms with Crippen molar-refractivity contribution in [2.75, 3.05) is 18.4 Å². The normalized spacial score (nSPS) is 13.7. The molecule has 3 heterocycles. The van der Waals surface area contributed by atoms with Crippen LogP contribution in [0, 0.1) is 0 Å². The van der Waals surface area contributed by atoms with Gasteiger partial charge in [-0.05, 0) is 23.8 Å². The molecule has 0 saturated carbocycles. The van der Waals surface area contributed by atoms with Gasteiger partial charge in [-0.15, -0.1) is 0 Å². The van der Waals surface area contributed by atoms with E-state index in [9.17, 15) is 9.59 Å². The van der Waals surface area contributed by atoms with E-state index in [-0.39, 0.29) is 18.9 Å². The number of rotatable bonds is 6. The standard InChI is InChI=1S/C16H18N4O3/c21-15(22)4-6-19-7-8-20-11-12(9-13(20)16(19)23)10-18-14-3-1-2-5-17-14/h1-3,5,9,11H,4,6-8,10H2,(H,17,18)(H,21,22). The molecule has 2 aromatic rings. The average molecular weight is 314 g/mol. The minimum atomic E-state index is -0.890. The van der Waals surface area contributed by atoms with E-state index in [4.69, 9.17) is 5.11 Å². The first-order valence-corrected chi connectivity index (χ1v) is 7.48. The molecule has 0 radical (unpaired) electrons. The molecule has 0 fully saturated rings. The topological polar surface area (TPSA) is 87.5 Å². The first-order valence-electron chi connectivity index (χ1n) is 7.48. The number of hydrogen-bond donors (Lipinski definition) is 2. The van der Waals surface area contributed by atoms with Crippen LogP contribution in [0.25, 0.3) is 0 Å². The van der Waals surface area contributed by atoms with Crippen molar-refractivity contribution in [3.63, 3.8) is 0 Å². The predicted molar refractivity (Wildman–Crippen MR) is 84.2 cm³/mol. The third kappa shape index (κ3) is 3.50. The number of amides is 1. The largest absolute Gasteiger partial charge is 0.481 e. The maximum absolute atomic E-state index is 12.4. The summed E-state index contributed by atoms with van der Waals surface area (Å²) in [5, 5.41) is 12.0. The molecular formula is C16H18N4O3. The van der Waals surface area contributed by atoms with Crippen molar-refractivity contribution in [1.29, 1.82) is 0 Å². The summed E-state index contributed by atoms with van der Waals surface area (Å²) in [6.45, 7) is 2.06.